The van der Waals surface area contributed by atoms with E-state index in [1.165, 1.54) is 24.0 Å². The van der Waals surface area contributed by atoms with E-state index in [2.05, 4.69) is 57.3 Å². The number of benzene rings is 1. The molecule has 0 aliphatic carbocycles. The van der Waals surface area contributed by atoms with Gasteiger partial charge < -0.3 is 10.1 Å². The van der Waals surface area contributed by atoms with Crippen molar-refractivity contribution in [2.45, 2.75) is 71.1 Å². The number of nitrogens with one attached hydrogen (secondary N) is 1. The van der Waals surface area contributed by atoms with Gasteiger partial charge in [0.15, 0.2) is 0 Å². The van der Waals surface area contributed by atoms with Gasteiger partial charge in [0.1, 0.15) is 0 Å². The van der Waals surface area contributed by atoms with Crippen molar-refractivity contribution in [1.29, 1.82) is 0 Å². The van der Waals surface area contributed by atoms with Crippen LogP contribution in [0.5, 0.6) is 0 Å². The van der Waals surface area contributed by atoms with Crippen LogP contribution in [-0.4, -0.2) is 24.8 Å². The Morgan fingerprint density at radius 3 is 2.70 bits per heavy atom. The summed E-state index contributed by atoms with van der Waals surface area (Å²) in [5.74, 6) is 0.549. The molecule has 3 atom stereocenters. The largest absolute Gasteiger partial charge is 0.375 e. The first-order valence-corrected chi connectivity index (χ1v) is 8.00. The third-order valence-electron chi connectivity index (χ3n) is 4.15. The first-order chi connectivity index (χ1) is 9.54. The SMILES string of the molecule is Cc1cccc(C(CNC(C)C)CC2CCC(C)O2)c1. The Morgan fingerprint density at radius 2 is 2.10 bits per heavy atom. The maximum Gasteiger partial charge on any atom is 0.0586 e. The zero-order valence-electron chi connectivity index (χ0n) is 13.4. The Bertz CT molecular complexity index is 416. The van der Waals surface area contributed by atoms with Crippen LogP contribution in [-0.2, 0) is 4.74 Å². The zero-order valence-corrected chi connectivity index (χ0v) is 13.4. The maximum atomic E-state index is 6.02. The minimum Gasteiger partial charge on any atom is -0.375 e. The quantitative estimate of drug-likeness (QED) is 0.846. The minimum atomic E-state index is 0.435. The molecule has 1 saturated heterocycles. The standard InChI is InChI=1S/C18H29NO/c1-13(2)19-12-17(11-18-9-8-15(4)20-18)16-7-5-6-14(3)10-16/h5-7,10,13,15,17-19H,8-9,11-12H2,1-4H3. The van der Waals surface area contributed by atoms with E-state index in [0.717, 1.165) is 13.0 Å². The molecule has 0 radical (unpaired) electrons. The molecule has 1 aromatic rings. The van der Waals surface area contributed by atoms with E-state index in [-0.39, 0.29) is 0 Å². The normalized spacial score (nSPS) is 24.2. The van der Waals surface area contributed by atoms with Crippen LogP contribution in [0.4, 0.5) is 0 Å². The van der Waals surface area contributed by atoms with Gasteiger partial charge in [0, 0.05) is 12.6 Å². The summed E-state index contributed by atoms with van der Waals surface area (Å²) in [6.45, 7) is 9.82. The van der Waals surface area contributed by atoms with E-state index in [1.807, 2.05) is 0 Å². The molecule has 2 nitrogen and oxygen atoms in total. The van der Waals surface area contributed by atoms with Crippen LogP contribution in [0.25, 0.3) is 0 Å². The van der Waals surface area contributed by atoms with Gasteiger partial charge in [-0.1, -0.05) is 43.7 Å². The van der Waals surface area contributed by atoms with Crippen molar-refractivity contribution in [3.63, 3.8) is 0 Å². The van der Waals surface area contributed by atoms with Gasteiger partial charge in [-0.25, -0.2) is 0 Å². The molecule has 3 unspecified atom stereocenters. The highest BCUT2D eigenvalue weighted by atomic mass is 16.5. The number of rotatable bonds is 6. The molecule has 1 aliphatic heterocycles. The third-order valence-corrected chi connectivity index (χ3v) is 4.15. The molecule has 112 valence electrons. The van der Waals surface area contributed by atoms with Crippen LogP contribution in [0.1, 0.15) is 57.1 Å². The summed E-state index contributed by atoms with van der Waals surface area (Å²) < 4.78 is 6.02. The molecule has 0 spiro atoms. The lowest BCUT2D eigenvalue weighted by molar-refractivity contribution is 0.0465. The second kappa shape index (κ2) is 7.24. The fraction of sp³-hybridized carbons (Fsp3) is 0.667. The lowest BCUT2D eigenvalue weighted by atomic mass is 9.91. The molecule has 2 heteroatoms. The van der Waals surface area contributed by atoms with Crippen LogP contribution < -0.4 is 5.32 Å². The molecule has 1 heterocycles. The van der Waals surface area contributed by atoms with E-state index >= 15 is 0 Å². The van der Waals surface area contributed by atoms with Crippen molar-refractivity contribution in [1.82, 2.24) is 5.32 Å². The Hall–Kier alpha value is -0.860. The number of hydrogen-bond acceptors (Lipinski definition) is 2. The van der Waals surface area contributed by atoms with Crippen LogP contribution in [0.15, 0.2) is 24.3 Å². The van der Waals surface area contributed by atoms with Crippen molar-refractivity contribution in [2.75, 3.05) is 6.54 Å². The first-order valence-electron chi connectivity index (χ1n) is 8.00. The predicted octanol–water partition coefficient (Wildman–Crippen LogP) is 4.03. The summed E-state index contributed by atoms with van der Waals surface area (Å²) in [6.07, 6.45) is 4.43. The molecular formula is C18H29NO. The first kappa shape index (κ1) is 15.5. The summed E-state index contributed by atoms with van der Waals surface area (Å²) in [5.41, 5.74) is 2.79. The van der Waals surface area contributed by atoms with Gasteiger partial charge in [-0.05, 0) is 44.6 Å². The molecule has 1 aromatic carbocycles. The van der Waals surface area contributed by atoms with E-state index < -0.39 is 0 Å². The van der Waals surface area contributed by atoms with Gasteiger partial charge in [-0.3, -0.25) is 0 Å². The van der Waals surface area contributed by atoms with E-state index in [9.17, 15) is 0 Å². The molecule has 0 amide bonds. The fourth-order valence-corrected chi connectivity index (χ4v) is 3.02. The van der Waals surface area contributed by atoms with E-state index in [0.29, 0.717) is 24.2 Å². The Morgan fingerprint density at radius 1 is 1.30 bits per heavy atom. The minimum absolute atomic E-state index is 0.435. The van der Waals surface area contributed by atoms with Crippen molar-refractivity contribution >= 4 is 0 Å². The molecule has 1 fully saturated rings. The van der Waals surface area contributed by atoms with Gasteiger partial charge in [-0.2, -0.15) is 0 Å². The zero-order chi connectivity index (χ0) is 14.5. The second-order valence-corrected chi connectivity index (χ2v) is 6.56. The fourth-order valence-electron chi connectivity index (χ4n) is 3.02. The maximum absolute atomic E-state index is 6.02. The second-order valence-electron chi connectivity index (χ2n) is 6.56. The molecule has 2 rings (SSSR count). The van der Waals surface area contributed by atoms with Crippen molar-refractivity contribution in [2.24, 2.45) is 0 Å². The monoisotopic (exact) mass is 275 g/mol. The van der Waals surface area contributed by atoms with Crippen LogP contribution in [0.3, 0.4) is 0 Å². The average molecular weight is 275 g/mol. The van der Waals surface area contributed by atoms with E-state index in [1.54, 1.807) is 0 Å². The molecule has 0 saturated carbocycles. The topological polar surface area (TPSA) is 21.3 Å². The van der Waals surface area contributed by atoms with Gasteiger partial charge in [0.2, 0.25) is 0 Å². The molecule has 0 bridgehead atoms. The van der Waals surface area contributed by atoms with Gasteiger partial charge in [-0.15, -0.1) is 0 Å². The van der Waals surface area contributed by atoms with Crippen molar-refractivity contribution in [3.8, 4) is 0 Å². The predicted molar refractivity (Wildman–Crippen MR) is 85.2 cm³/mol. The third kappa shape index (κ3) is 4.60. The molecule has 1 aliphatic rings. The van der Waals surface area contributed by atoms with Crippen molar-refractivity contribution in [3.05, 3.63) is 35.4 Å². The summed E-state index contributed by atoms with van der Waals surface area (Å²) in [7, 11) is 0. The number of ether oxygens (including phenoxy) is 1. The summed E-state index contributed by atoms with van der Waals surface area (Å²) in [4.78, 5) is 0. The van der Waals surface area contributed by atoms with Crippen LogP contribution in [0.2, 0.25) is 0 Å². The van der Waals surface area contributed by atoms with Crippen LogP contribution in [0, 0.1) is 6.92 Å². The van der Waals surface area contributed by atoms with Gasteiger partial charge in [0.05, 0.1) is 12.2 Å². The highest BCUT2D eigenvalue weighted by Crippen LogP contribution is 2.29. The molecule has 0 aromatic heterocycles. The van der Waals surface area contributed by atoms with Gasteiger partial charge >= 0.3 is 0 Å². The lowest BCUT2D eigenvalue weighted by Gasteiger charge is -2.23. The van der Waals surface area contributed by atoms with E-state index in [4.69, 9.17) is 4.74 Å². The average Bonchev–Trinajstić information content (AvgIpc) is 2.80. The summed E-state index contributed by atoms with van der Waals surface area (Å²) in [5, 5.41) is 3.59. The summed E-state index contributed by atoms with van der Waals surface area (Å²) >= 11 is 0. The molecular weight excluding hydrogens is 246 g/mol. The highest BCUT2D eigenvalue weighted by molar-refractivity contribution is 5.26. The molecule has 20 heavy (non-hydrogen) atoms. The Kier molecular flexibility index (Phi) is 5.62. The number of hydrogen-bond donors (Lipinski definition) is 1. The summed E-state index contributed by atoms with van der Waals surface area (Å²) in [6, 6.07) is 9.46. The Balaban J connectivity index is 2.03. The van der Waals surface area contributed by atoms with Gasteiger partial charge in [0.25, 0.3) is 0 Å². The highest BCUT2D eigenvalue weighted by Gasteiger charge is 2.25. The van der Waals surface area contributed by atoms with Crippen molar-refractivity contribution < 1.29 is 4.74 Å². The van der Waals surface area contributed by atoms with Crippen LogP contribution >= 0.6 is 0 Å². The Labute approximate surface area is 123 Å². The smallest absolute Gasteiger partial charge is 0.0586 e. The lowest BCUT2D eigenvalue weighted by Crippen LogP contribution is -2.29. The number of aryl methyl sites for hydroxylation is 1. The molecule has 1 N–H and O–H groups in total.